The summed E-state index contributed by atoms with van der Waals surface area (Å²) in [4.78, 5) is 26.0. The van der Waals surface area contributed by atoms with Crippen molar-refractivity contribution in [2.24, 2.45) is 22.4 Å². The second-order valence-electron chi connectivity index (χ2n) is 13.0. The molecule has 0 radical (unpaired) electrons. The Morgan fingerprint density at radius 1 is 0.696 bits per heavy atom. The first kappa shape index (κ1) is 56.0. The largest absolute Gasteiger partial charge is 0.457 e. The highest BCUT2D eigenvalue weighted by Crippen LogP contribution is 2.38. The Bertz CT molecular complexity index is 2830. The van der Waals surface area contributed by atoms with Crippen LogP contribution in [0, 0.1) is 0 Å². The molecule has 0 amide bonds. The van der Waals surface area contributed by atoms with Gasteiger partial charge >= 0.3 is 11.0 Å². The number of aryl methyl sites for hydroxylation is 1. The topological polar surface area (TPSA) is 168 Å². The number of imidazole rings is 1. The van der Waals surface area contributed by atoms with Gasteiger partial charge in [-0.1, -0.05) is 25.2 Å². The number of nitrogens with zero attached hydrogens (tertiary/aromatic N) is 7. The number of hydrogen-bond donors (Lipinski definition) is 3. The summed E-state index contributed by atoms with van der Waals surface area (Å²) in [5.41, 5.74) is 2.69. The number of nitrogens with two attached hydrogens (primary N) is 1. The second kappa shape index (κ2) is 26.9. The van der Waals surface area contributed by atoms with Crippen LogP contribution in [0.5, 0.6) is 23.0 Å². The van der Waals surface area contributed by atoms with Crippen molar-refractivity contribution in [3.63, 3.8) is 0 Å². The Labute approximate surface area is 408 Å². The lowest BCUT2D eigenvalue weighted by molar-refractivity contribution is -0.0337. The van der Waals surface area contributed by atoms with Crippen LogP contribution in [-0.4, -0.2) is 69.4 Å². The number of anilines is 4. The normalized spacial score (nSPS) is 10.9. The van der Waals surface area contributed by atoms with Crippen LogP contribution in [0.15, 0.2) is 147 Å². The number of aromatic nitrogens is 4. The Morgan fingerprint density at radius 2 is 1.19 bits per heavy atom. The summed E-state index contributed by atoms with van der Waals surface area (Å²) in [5, 5.41) is 15.6. The number of benzene rings is 4. The van der Waals surface area contributed by atoms with Gasteiger partial charge in [0.25, 0.3) is 0 Å². The summed E-state index contributed by atoms with van der Waals surface area (Å²) >= 11 is 4.04. The van der Waals surface area contributed by atoms with E-state index < -0.39 is 11.0 Å². The number of ether oxygens (including phenoxy) is 2. The third-order valence-electron chi connectivity index (χ3n) is 8.29. The minimum absolute atomic E-state index is 0. The van der Waals surface area contributed by atoms with Crippen LogP contribution in [0.1, 0.15) is 26.2 Å². The number of hydrogen-bond acceptors (Lipinski definition) is 16. The first-order chi connectivity index (χ1) is 32.0. The summed E-state index contributed by atoms with van der Waals surface area (Å²) in [6, 6.07) is 29.5. The second-order valence-corrected chi connectivity index (χ2v) is 15.4. The maximum Gasteiger partial charge on any atom is 0.446 e. The molecule has 0 aliphatic heterocycles. The number of nitrogens with one attached hydrogen (secondary N) is 2. The van der Waals surface area contributed by atoms with Gasteiger partial charge in [-0.15, -0.1) is 0 Å². The number of thiocarbonyl (C=S) groups is 1. The van der Waals surface area contributed by atoms with Crippen molar-refractivity contribution in [2.75, 3.05) is 37.6 Å². The van der Waals surface area contributed by atoms with Crippen LogP contribution in [0.4, 0.5) is 55.0 Å². The van der Waals surface area contributed by atoms with Gasteiger partial charge in [-0.05, 0) is 121 Å². The van der Waals surface area contributed by atoms with Crippen LogP contribution in [0.2, 0.25) is 0 Å². The molecule has 0 aliphatic carbocycles. The van der Waals surface area contributed by atoms with Crippen molar-refractivity contribution in [1.29, 1.82) is 0 Å². The van der Waals surface area contributed by atoms with Crippen LogP contribution in [0.25, 0.3) is 11.0 Å². The van der Waals surface area contributed by atoms with E-state index in [2.05, 4.69) is 67.9 Å². The third kappa shape index (κ3) is 18.7. The van der Waals surface area contributed by atoms with Crippen LogP contribution < -0.4 is 25.8 Å². The van der Waals surface area contributed by atoms with Gasteiger partial charge in [0.05, 0.1) is 57.1 Å². The molecule has 0 spiro atoms. The molecule has 0 fully saturated rings. The molecule has 14 nitrogen and oxygen atoms in total. The van der Waals surface area contributed by atoms with Crippen LogP contribution in [0.3, 0.4) is 0 Å². The van der Waals surface area contributed by atoms with Gasteiger partial charge in [0.1, 0.15) is 37.2 Å². The quantitative estimate of drug-likeness (QED) is 0.0235. The molecule has 69 heavy (non-hydrogen) atoms. The predicted molar refractivity (Wildman–Crippen MR) is 267 cm³/mol. The molecule has 7 rings (SSSR count). The Kier molecular flexibility index (Phi) is 21.8. The van der Waals surface area contributed by atoms with Crippen molar-refractivity contribution in [3.05, 3.63) is 133 Å². The highest BCUT2D eigenvalue weighted by Gasteiger charge is 2.29. The number of nitrogen functional groups attached to an aromatic ring is 1. The summed E-state index contributed by atoms with van der Waals surface area (Å²) in [6.07, 6.45) is 6.22. The molecule has 0 saturated heterocycles. The molecule has 0 atom stereocenters. The minimum Gasteiger partial charge on any atom is -0.457 e. The molecule has 23 heteroatoms. The molecular weight excluding hydrogens is 967 g/mol. The number of isothiocyanates is 1. The maximum atomic E-state index is 12.5. The van der Waals surface area contributed by atoms with Gasteiger partial charge < -0.3 is 40.1 Å². The zero-order chi connectivity index (χ0) is 48.4. The molecule has 3 heterocycles. The van der Waals surface area contributed by atoms with E-state index in [4.69, 9.17) is 15.2 Å². The molecule has 4 aromatic carbocycles. The molecule has 0 bridgehead atoms. The van der Waals surface area contributed by atoms with E-state index in [1.54, 1.807) is 60.9 Å². The first-order valence-corrected chi connectivity index (χ1v) is 21.1. The standard InChI is InChI=1S/C22H18F3N5O2S.C14H16N4O2.C8H4F3NS2.2CH4/c1-30-20-8-5-16(32-17-9-10-26-15(11-17)13-27-31-2)12-19(20)29-21(30)28-14-3-6-18(7-4-14)33-22(23,24)25;1-16-14-4-3-11(8-13(14)15)20-12-5-6-17-10(7-12)9-18-19-2;9-8(10,11)14-7-3-1-6(2-4-7)12-5-13;;/h3-13H,1-2H3,(H,28,29);3-9,16H,15H2,1-2H3;1-4H;2*1H4/b27-13-;18-9-;;;. The van der Waals surface area contributed by atoms with E-state index in [0.29, 0.717) is 62.9 Å². The van der Waals surface area contributed by atoms with E-state index in [0.717, 1.165) is 11.2 Å². The first-order valence-electron chi connectivity index (χ1n) is 19.1. The number of halogens is 6. The maximum absolute atomic E-state index is 12.5. The van der Waals surface area contributed by atoms with Crippen molar-refractivity contribution < 1.29 is 45.5 Å². The van der Waals surface area contributed by atoms with Gasteiger partial charge in [-0.3, -0.25) is 9.97 Å². The number of thioether (sulfide) groups is 2. The number of fused-ring (bicyclic) bond motifs is 1. The Morgan fingerprint density at radius 3 is 1.67 bits per heavy atom. The van der Waals surface area contributed by atoms with E-state index in [-0.39, 0.29) is 48.2 Å². The number of pyridine rings is 2. The fourth-order valence-corrected chi connectivity index (χ4v) is 6.62. The lowest BCUT2D eigenvalue weighted by atomic mass is 10.2. The average molecular weight is 1010 g/mol. The van der Waals surface area contributed by atoms with Crippen LogP contribution >= 0.6 is 35.7 Å². The summed E-state index contributed by atoms with van der Waals surface area (Å²) in [7, 11) is 6.58. The van der Waals surface area contributed by atoms with E-state index in [1.165, 1.54) is 63.0 Å². The van der Waals surface area contributed by atoms with Gasteiger partial charge in [-0.25, -0.2) is 4.98 Å². The number of alkyl halides is 6. The molecule has 3 aromatic heterocycles. The highest BCUT2D eigenvalue weighted by molar-refractivity contribution is 8.00. The number of aliphatic imine (C=N–C) groups is 1. The van der Waals surface area contributed by atoms with E-state index in [9.17, 15) is 26.3 Å². The number of oxime groups is 2. The van der Waals surface area contributed by atoms with Crippen molar-refractivity contribution in [3.8, 4) is 23.0 Å². The SMILES string of the molecule is C.C.CNc1ccc(Oc2ccnc(/C=N\OC)c2)cc1N.CO/N=C\c1cc(Oc2ccc3c(c2)nc(Nc2ccc(SC(F)(F)F)cc2)n3C)ccn1.FC(F)(F)Sc1ccc(N=C=S)cc1. The monoisotopic (exact) mass is 1010 g/mol. The zero-order valence-electron chi connectivity index (χ0n) is 35.5. The van der Waals surface area contributed by atoms with E-state index >= 15 is 0 Å². The van der Waals surface area contributed by atoms with Gasteiger partial charge in [-0.2, -0.15) is 31.3 Å². The molecule has 7 aromatic rings. The Balaban J connectivity index is 0.000000299. The minimum atomic E-state index is -4.32. The predicted octanol–water partition coefficient (Wildman–Crippen LogP) is 13.9. The molecule has 4 N–H and O–H groups in total. The zero-order valence-corrected chi connectivity index (χ0v) is 38.0. The van der Waals surface area contributed by atoms with Gasteiger partial charge in [0, 0.05) is 66.2 Å². The lowest BCUT2D eigenvalue weighted by Gasteiger charge is -2.09. The lowest BCUT2D eigenvalue weighted by Crippen LogP contribution is -2.00. The fourth-order valence-electron chi connectivity index (χ4n) is 5.44. The summed E-state index contributed by atoms with van der Waals surface area (Å²) < 4.78 is 86.7. The molecule has 0 saturated carbocycles. The molecule has 0 aliphatic rings. The summed E-state index contributed by atoms with van der Waals surface area (Å²) in [6.45, 7) is 0. The van der Waals surface area contributed by atoms with Crippen molar-refractivity contribution in [2.45, 2.75) is 35.7 Å². The highest BCUT2D eigenvalue weighted by atomic mass is 32.2. The van der Waals surface area contributed by atoms with Gasteiger partial charge in [0.2, 0.25) is 5.95 Å². The van der Waals surface area contributed by atoms with Crippen molar-refractivity contribution >= 4 is 93.1 Å². The smallest absolute Gasteiger partial charge is 0.446 e. The Hall–Kier alpha value is -7.33. The molecule has 0 unspecified atom stereocenters. The van der Waals surface area contributed by atoms with E-state index in [1.807, 2.05) is 42.9 Å². The number of rotatable bonds is 14. The van der Waals surface area contributed by atoms with Crippen molar-refractivity contribution in [1.82, 2.24) is 19.5 Å². The fraction of sp³-hybridized carbons (Fsp3) is 0.174. The average Bonchev–Trinajstić information content (AvgIpc) is 3.59. The van der Waals surface area contributed by atoms with Gasteiger partial charge in [0.15, 0.2) is 0 Å². The molecular formula is C46H46F6N10O4S3. The third-order valence-corrected chi connectivity index (χ3v) is 9.86. The summed E-state index contributed by atoms with van der Waals surface area (Å²) in [5.74, 6) is 3.01. The molecule has 364 valence electrons. The van der Waals surface area contributed by atoms with Crippen LogP contribution in [-0.2, 0) is 16.7 Å².